The van der Waals surface area contributed by atoms with Gasteiger partial charge in [-0.3, -0.25) is 0 Å². The second kappa shape index (κ2) is 5.80. The Morgan fingerprint density at radius 1 is 1.42 bits per heavy atom. The first kappa shape index (κ1) is 14.8. The highest BCUT2D eigenvalue weighted by atomic mass is 32.2. The summed E-state index contributed by atoms with van der Waals surface area (Å²) in [4.78, 5) is 2.12. The molecule has 0 radical (unpaired) electrons. The van der Waals surface area contributed by atoms with E-state index in [1.165, 1.54) is 0 Å². The van der Waals surface area contributed by atoms with Gasteiger partial charge in [0.15, 0.2) is 15.0 Å². The summed E-state index contributed by atoms with van der Waals surface area (Å²) in [6.07, 6.45) is 0.663. The Morgan fingerprint density at radius 2 is 2.16 bits per heavy atom. The van der Waals surface area contributed by atoms with E-state index in [0.29, 0.717) is 6.42 Å². The van der Waals surface area contributed by atoms with Crippen LogP contribution >= 0.6 is 11.8 Å². The molecule has 1 aliphatic rings. The Morgan fingerprint density at radius 3 is 2.74 bits per heavy atom. The molecular weight excluding hydrogens is 284 g/mol. The van der Waals surface area contributed by atoms with Gasteiger partial charge in [-0.05, 0) is 20.5 Å². The van der Waals surface area contributed by atoms with E-state index < -0.39 is 9.84 Å². The minimum absolute atomic E-state index is 0.00528. The van der Waals surface area contributed by atoms with Crippen molar-refractivity contribution in [2.45, 2.75) is 17.5 Å². The molecule has 2 rings (SSSR count). The maximum Gasteiger partial charge on any atom is 0.191 e. The van der Waals surface area contributed by atoms with Crippen molar-refractivity contribution < 1.29 is 8.42 Å². The van der Waals surface area contributed by atoms with Crippen LogP contribution in [0.5, 0.6) is 0 Å². The first-order valence-corrected chi connectivity index (χ1v) is 9.07. The summed E-state index contributed by atoms with van der Waals surface area (Å²) in [5.41, 5.74) is 0. The minimum atomic E-state index is -2.87. The highest BCUT2D eigenvalue weighted by Crippen LogP contribution is 2.29. The van der Waals surface area contributed by atoms with Crippen molar-refractivity contribution in [3.05, 3.63) is 5.82 Å². The predicted molar refractivity (Wildman–Crippen MR) is 76.3 cm³/mol. The lowest BCUT2D eigenvalue weighted by Gasteiger charge is -2.09. The number of thioether (sulfide) groups is 1. The van der Waals surface area contributed by atoms with E-state index >= 15 is 0 Å². The van der Waals surface area contributed by atoms with E-state index in [-0.39, 0.29) is 17.4 Å². The fourth-order valence-electron chi connectivity index (χ4n) is 2.13. The molecule has 0 N–H and O–H groups in total. The predicted octanol–water partition coefficient (Wildman–Crippen LogP) is 0.371. The Balaban J connectivity index is 2.02. The van der Waals surface area contributed by atoms with Crippen molar-refractivity contribution in [2.24, 2.45) is 7.05 Å². The van der Waals surface area contributed by atoms with Crippen LogP contribution in [-0.4, -0.2) is 66.0 Å². The molecule has 0 spiro atoms. The normalized spacial score (nSPS) is 22.2. The minimum Gasteiger partial charge on any atom is -0.309 e. The SMILES string of the molecule is CN(C)CCSc1nnc([C@H]2CCS(=O)(=O)C2)n1C. The monoisotopic (exact) mass is 304 g/mol. The smallest absolute Gasteiger partial charge is 0.191 e. The van der Waals surface area contributed by atoms with E-state index in [4.69, 9.17) is 0 Å². The Kier molecular flexibility index (Phi) is 4.52. The summed E-state index contributed by atoms with van der Waals surface area (Å²) in [6.45, 7) is 0.977. The topological polar surface area (TPSA) is 68.1 Å². The molecule has 2 heterocycles. The van der Waals surface area contributed by atoms with Crippen molar-refractivity contribution in [3.63, 3.8) is 0 Å². The zero-order chi connectivity index (χ0) is 14.0. The van der Waals surface area contributed by atoms with Gasteiger partial charge in [-0.25, -0.2) is 8.42 Å². The second-order valence-corrected chi connectivity index (χ2v) is 8.44. The molecule has 1 saturated heterocycles. The van der Waals surface area contributed by atoms with Gasteiger partial charge in [0.05, 0.1) is 11.5 Å². The molecule has 0 aliphatic carbocycles. The molecule has 0 saturated carbocycles. The number of rotatable bonds is 5. The lowest BCUT2D eigenvalue weighted by atomic mass is 10.1. The summed E-state index contributed by atoms with van der Waals surface area (Å²) in [7, 11) is 3.11. The van der Waals surface area contributed by atoms with Gasteiger partial charge in [-0.15, -0.1) is 10.2 Å². The third kappa shape index (κ3) is 3.70. The van der Waals surface area contributed by atoms with Crippen molar-refractivity contribution in [1.29, 1.82) is 0 Å². The summed E-state index contributed by atoms with van der Waals surface area (Å²) >= 11 is 1.65. The van der Waals surface area contributed by atoms with E-state index in [0.717, 1.165) is 23.3 Å². The molecule has 1 aromatic rings. The van der Waals surface area contributed by atoms with E-state index in [1.54, 1.807) is 11.8 Å². The number of sulfone groups is 1. The van der Waals surface area contributed by atoms with Crippen LogP contribution < -0.4 is 0 Å². The fraction of sp³-hybridized carbons (Fsp3) is 0.818. The van der Waals surface area contributed by atoms with Gasteiger partial charge in [0.25, 0.3) is 0 Å². The van der Waals surface area contributed by atoms with Crippen molar-refractivity contribution in [2.75, 3.05) is 37.9 Å². The molecule has 1 aliphatic heterocycles. The highest BCUT2D eigenvalue weighted by molar-refractivity contribution is 7.99. The maximum atomic E-state index is 11.5. The molecule has 19 heavy (non-hydrogen) atoms. The van der Waals surface area contributed by atoms with Crippen molar-refractivity contribution in [1.82, 2.24) is 19.7 Å². The Labute approximate surface area is 118 Å². The van der Waals surface area contributed by atoms with Crippen molar-refractivity contribution in [3.8, 4) is 0 Å². The summed E-state index contributed by atoms with van der Waals surface area (Å²) < 4.78 is 25.0. The van der Waals surface area contributed by atoms with Gasteiger partial charge in [-0.2, -0.15) is 0 Å². The van der Waals surface area contributed by atoms with Gasteiger partial charge in [-0.1, -0.05) is 11.8 Å². The molecule has 6 nitrogen and oxygen atoms in total. The van der Waals surface area contributed by atoms with E-state index in [9.17, 15) is 8.42 Å². The average Bonchev–Trinajstić information content (AvgIpc) is 2.83. The molecule has 0 bridgehead atoms. The number of aromatic nitrogens is 3. The van der Waals surface area contributed by atoms with Gasteiger partial charge in [0, 0.05) is 25.3 Å². The van der Waals surface area contributed by atoms with Crippen LogP contribution in [0.2, 0.25) is 0 Å². The molecule has 0 aromatic carbocycles. The Hall–Kier alpha value is -0.600. The molecule has 0 amide bonds. The third-order valence-corrected chi connectivity index (χ3v) is 6.00. The largest absolute Gasteiger partial charge is 0.309 e. The first-order chi connectivity index (χ1) is 8.89. The lowest BCUT2D eigenvalue weighted by molar-refractivity contribution is 0.437. The molecule has 1 fully saturated rings. The first-order valence-electron chi connectivity index (χ1n) is 6.26. The van der Waals surface area contributed by atoms with Crippen LogP contribution in [0.3, 0.4) is 0 Å². The van der Waals surface area contributed by atoms with Crippen LogP contribution in [0.25, 0.3) is 0 Å². The van der Waals surface area contributed by atoms with Gasteiger partial charge in [0.1, 0.15) is 5.82 Å². The fourth-order valence-corrected chi connectivity index (χ4v) is 4.89. The van der Waals surface area contributed by atoms with Crippen molar-refractivity contribution >= 4 is 21.6 Å². The Bertz CT molecular complexity index is 539. The number of hydrogen-bond donors (Lipinski definition) is 0. The zero-order valence-corrected chi connectivity index (χ0v) is 13.2. The quantitative estimate of drug-likeness (QED) is 0.732. The third-order valence-electron chi connectivity index (χ3n) is 3.24. The zero-order valence-electron chi connectivity index (χ0n) is 11.5. The molecule has 8 heteroatoms. The van der Waals surface area contributed by atoms with Gasteiger partial charge < -0.3 is 9.47 Å². The van der Waals surface area contributed by atoms with E-state index in [2.05, 4.69) is 15.1 Å². The van der Waals surface area contributed by atoms with Gasteiger partial charge >= 0.3 is 0 Å². The van der Waals surface area contributed by atoms with E-state index in [1.807, 2.05) is 25.7 Å². The molecule has 1 aromatic heterocycles. The van der Waals surface area contributed by atoms with Crippen LogP contribution in [-0.2, 0) is 16.9 Å². The summed E-state index contributed by atoms with van der Waals surface area (Å²) in [5.74, 6) is 2.23. The highest BCUT2D eigenvalue weighted by Gasteiger charge is 2.32. The molecule has 108 valence electrons. The summed E-state index contributed by atoms with van der Waals surface area (Å²) in [5, 5.41) is 9.20. The van der Waals surface area contributed by atoms with Gasteiger partial charge in [0.2, 0.25) is 0 Å². The summed E-state index contributed by atoms with van der Waals surface area (Å²) in [6, 6.07) is 0. The van der Waals surface area contributed by atoms with Crippen LogP contribution in [0.15, 0.2) is 5.16 Å². The second-order valence-electron chi connectivity index (χ2n) is 5.15. The maximum absolute atomic E-state index is 11.5. The molecule has 0 unspecified atom stereocenters. The van der Waals surface area contributed by atoms with Crippen LogP contribution in [0.1, 0.15) is 18.2 Å². The average molecular weight is 304 g/mol. The number of nitrogens with zero attached hydrogens (tertiary/aromatic N) is 4. The van der Waals surface area contributed by atoms with Crippen LogP contribution in [0.4, 0.5) is 0 Å². The molecule has 1 atom stereocenters. The van der Waals surface area contributed by atoms with Crippen LogP contribution in [0, 0.1) is 0 Å². The molecular formula is C11H20N4O2S2. The number of hydrogen-bond acceptors (Lipinski definition) is 6. The lowest BCUT2D eigenvalue weighted by Crippen LogP contribution is -2.15. The standard InChI is InChI=1S/C11H20N4O2S2/c1-14(2)5-6-18-11-13-12-10(15(11)3)9-4-7-19(16,17)8-9/h9H,4-8H2,1-3H3/t9-/m0/s1.